The van der Waals surface area contributed by atoms with Crippen LogP contribution in [0.15, 0.2) is 18.2 Å². The summed E-state index contributed by atoms with van der Waals surface area (Å²) in [5.74, 6) is -0.609. The number of nitrogens with one attached hydrogen (secondary N) is 1. The normalized spacial score (nSPS) is 15.5. The summed E-state index contributed by atoms with van der Waals surface area (Å²) in [6.07, 6.45) is 3.61. The second-order valence-corrected chi connectivity index (χ2v) is 8.36. The molecule has 0 fully saturated rings. The minimum absolute atomic E-state index is 0.119. The van der Waals surface area contributed by atoms with E-state index < -0.39 is 16.8 Å². The third kappa shape index (κ3) is 4.43. The molecule has 29 heavy (non-hydrogen) atoms. The second-order valence-electron chi connectivity index (χ2n) is 6.82. The number of halogens is 1. The van der Waals surface area contributed by atoms with E-state index in [1.165, 1.54) is 23.5 Å². The van der Waals surface area contributed by atoms with Gasteiger partial charge in [0.1, 0.15) is 10.6 Å². The molecule has 0 bridgehead atoms. The molecule has 1 aliphatic rings. The summed E-state index contributed by atoms with van der Waals surface area (Å²) < 4.78 is 5.20. The van der Waals surface area contributed by atoms with E-state index in [9.17, 15) is 19.7 Å². The van der Waals surface area contributed by atoms with E-state index in [0.717, 1.165) is 42.2 Å². The number of carbonyl (C=O) groups excluding carboxylic acids is 2. The number of nitro benzene ring substituents is 1. The molecule has 0 saturated carbocycles. The Bertz CT molecular complexity index is 972. The Kier molecular flexibility index (Phi) is 6.54. The molecular formula is C20H21ClN2O5S. The number of rotatable bonds is 6. The lowest BCUT2D eigenvalue weighted by molar-refractivity contribution is -0.385. The van der Waals surface area contributed by atoms with Crippen molar-refractivity contribution in [2.75, 3.05) is 11.9 Å². The predicted molar refractivity (Wildman–Crippen MR) is 112 cm³/mol. The molecule has 3 rings (SSSR count). The number of carbonyl (C=O) groups is 2. The molecule has 0 spiro atoms. The number of hydrogen-bond acceptors (Lipinski definition) is 6. The lowest BCUT2D eigenvalue weighted by Gasteiger charge is -2.20. The molecule has 1 aromatic carbocycles. The standard InChI is InChI=1S/C20H21ClN2O5S/c1-3-11-5-7-14-16(9-11)29-19(17(14)20(25)28-4-2)22-18(24)13-8-6-12(21)10-15(13)23(26)27/h6,8,10-11H,3-5,7,9H2,1-2H3,(H,22,24)/t11-/m0/s1. The van der Waals surface area contributed by atoms with Crippen LogP contribution in [-0.4, -0.2) is 23.4 Å². The summed E-state index contributed by atoms with van der Waals surface area (Å²) in [4.78, 5) is 37.1. The van der Waals surface area contributed by atoms with Crippen LogP contribution in [0.1, 0.15) is 57.8 Å². The van der Waals surface area contributed by atoms with Crippen molar-refractivity contribution in [3.63, 3.8) is 0 Å². The topological polar surface area (TPSA) is 98.5 Å². The average Bonchev–Trinajstić information content (AvgIpc) is 3.04. The monoisotopic (exact) mass is 436 g/mol. The van der Waals surface area contributed by atoms with E-state index in [0.29, 0.717) is 16.5 Å². The molecule has 1 amide bonds. The fraction of sp³-hybridized carbons (Fsp3) is 0.400. The van der Waals surface area contributed by atoms with Crippen LogP contribution < -0.4 is 5.32 Å². The van der Waals surface area contributed by atoms with Crippen molar-refractivity contribution < 1.29 is 19.2 Å². The Hall–Kier alpha value is -2.45. The maximum atomic E-state index is 12.8. The van der Waals surface area contributed by atoms with Crippen LogP contribution >= 0.6 is 22.9 Å². The zero-order valence-corrected chi connectivity index (χ0v) is 17.7. The maximum Gasteiger partial charge on any atom is 0.341 e. The minimum atomic E-state index is -0.662. The van der Waals surface area contributed by atoms with Crippen LogP contribution in [0.3, 0.4) is 0 Å². The Morgan fingerprint density at radius 1 is 1.38 bits per heavy atom. The molecule has 1 heterocycles. The Balaban J connectivity index is 1.99. The van der Waals surface area contributed by atoms with Crippen molar-refractivity contribution in [1.29, 1.82) is 0 Å². The first-order valence-electron chi connectivity index (χ1n) is 9.42. The fourth-order valence-electron chi connectivity index (χ4n) is 3.53. The van der Waals surface area contributed by atoms with Crippen molar-refractivity contribution >= 4 is 45.5 Å². The van der Waals surface area contributed by atoms with E-state index >= 15 is 0 Å². The molecule has 0 radical (unpaired) electrons. The summed E-state index contributed by atoms with van der Waals surface area (Å²) in [6.45, 7) is 4.08. The SMILES string of the molecule is CCOC(=O)c1c(NC(=O)c2ccc(Cl)cc2[N+](=O)[O-])sc2c1CC[C@H](CC)C2. The van der Waals surface area contributed by atoms with E-state index in [1.807, 2.05) is 0 Å². The molecule has 1 N–H and O–H groups in total. The van der Waals surface area contributed by atoms with Gasteiger partial charge in [-0.3, -0.25) is 14.9 Å². The first kappa shape index (κ1) is 21.3. The quantitative estimate of drug-likeness (QED) is 0.378. The highest BCUT2D eigenvalue weighted by Gasteiger charge is 2.31. The zero-order chi connectivity index (χ0) is 21.1. The van der Waals surface area contributed by atoms with Gasteiger partial charge in [0.05, 0.1) is 17.1 Å². The van der Waals surface area contributed by atoms with Crippen LogP contribution in [0, 0.1) is 16.0 Å². The maximum absolute atomic E-state index is 12.8. The van der Waals surface area contributed by atoms with Crippen molar-refractivity contribution in [2.24, 2.45) is 5.92 Å². The van der Waals surface area contributed by atoms with E-state index in [2.05, 4.69) is 12.2 Å². The number of anilines is 1. The predicted octanol–water partition coefficient (Wildman–Crippen LogP) is 5.25. The van der Waals surface area contributed by atoms with Crippen molar-refractivity contribution in [1.82, 2.24) is 0 Å². The Morgan fingerprint density at radius 3 is 2.79 bits per heavy atom. The molecule has 1 aromatic heterocycles. The third-order valence-corrected chi connectivity index (χ3v) is 6.46. The molecule has 0 unspecified atom stereocenters. The molecule has 0 saturated heterocycles. The van der Waals surface area contributed by atoms with E-state index in [1.54, 1.807) is 6.92 Å². The first-order valence-corrected chi connectivity index (χ1v) is 10.6. The molecule has 0 aliphatic heterocycles. The van der Waals surface area contributed by atoms with Gasteiger partial charge in [-0.25, -0.2) is 4.79 Å². The lowest BCUT2D eigenvalue weighted by atomic mass is 9.85. The number of fused-ring (bicyclic) bond motifs is 1. The number of amides is 1. The number of thiophene rings is 1. The molecule has 7 nitrogen and oxygen atoms in total. The minimum Gasteiger partial charge on any atom is -0.462 e. The molecule has 1 aliphatic carbocycles. The highest BCUT2D eigenvalue weighted by Crippen LogP contribution is 2.41. The van der Waals surface area contributed by atoms with Gasteiger partial charge in [-0.1, -0.05) is 24.9 Å². The molecular weight excluding hydrogens is 416 g/mol. The third-order valence-electron chi connectivity index (χ3n) is 5.05. The average molecular weight is 437 g/mol. The smallest absolute Gasteiger partial charge is 0.341 e. The van der Waals surface area contributed by atoms with Gasteiger partial charge in [-0.2, -0.15) is 0 Å². The first-order chi connectivity index (χ1) is 13.8. The van der Waals surface area contributed by atoms with E-state index in [4.69, 9.17) is 16.3 Å². The van der Waals surface area contributed by atoms with Crippen LogP contribution in [-0.2, 0) is 17.6 Å². The van der Waals surface area contributed by atoms with Gasteiger partial charge in [-0.05, 0) is 49.8 Å². The number of nitrogens with zero attached hydrogens (tertiary/aromatic N) is 1. The van der Waals surface area contributed by atoms with Crippen LogP contribution in [0.25, 0.3) is 0 Å². The van der Waals surface area contributed by atoms with Crippen molar-refractivity contribution in [3.05, 3.63) is 54.9 Å². The molecule has 154 valence electrons. The molecule has 9 heteroatoms. The largest absolute Gasteiger partial charge is 0.462 e. The van der Waals surface area contributed by atoms with Gasteiger partial charge < -0.3 is 10.1 Å². The summed E-state index contributed by atoms with van der Waals surface area (Å²) in [6, 6.07) is 3.86. The summed E-state index contributed by atoms with van der Waals surface area (Å²) in [5.41, 5.74) is 0.775. The van der Waals surface area contributed by atoms with Crippen LogP contribution in [0.2, 0.25) is 5.02 Å². The number of esters is 1. The van der Waals surface area contributed by atoms with Gasteiger partial charge in [0.15, 0.2) is 0 Å². The summed E-state index contributed by atoms with van der Waals surface area (Å²) in [5, 5.41) is 14.6. The van der Waals surface area contributed by atoms with Gasteiger partial charge in [-0.15, -0.1) is 11.3 Å². The van der Waals surface area contributed by atoms with Gasteiger partial charge in [0, 0.05) is 16.0 Å². The Morgan fingerprint density at radius 2 is 2.14 bits per heavy atom. The van der Waals surface area contributed by atoms with Crippen molar-refractivity contribution in [2.45, 2.75) is 39.5 Å². The van der Waals surface area contributed by atoms with Crippen molar-refractivity contribution in [3.8, 4) is 0 Å². The summed E-state index contributed by atoms with van der Waals surface area (Å²) >= 11 is 7.18. The number of hydrogen-bond donors (Lipinski definition) is 1. The highest BCUT2D eigenvalue weighted by molar-refractivity contribution is 7.17. The van der Waals surface area contributed by atoms with Gasteiger partial charge >= 0.3 is 5.97 Å². The number of benzene rings is 1. The zero-order valence-electron chi connectivity index (χ0n) is 16.1. The highest BCUT2D eigenvalue weighted by atomic mass is 35.5. The van der Waals surface area contributed by atoms with Crippen LogP contribution in [0.4, 0.5) is 10.7 Å². The number of ether oxygens (including phenoxy) is 1. The lowest BCUT2D eigenvalue weighted by Crippen LogP contribution is -2.17. The summed E-state index contributed by atoms with van der Waals surface area (Å²) in [7, 11) is 0. The van der Waals surface area contributed by atoms with Gasteiger partial charge in [0.25, 0.3) is 11.6 Å². The van der Waals surface area contributed by atoms with E-state index in [-0.39, 0.29) is 22.9 Å². The molecule has 1 atom stereocenters. The second kappa shape index (κ2) is 8.92. The van der Waals surface area contributed by atoms with Crippen LogP contribution in [0.5, 0.6) is 0 Å². The Labute approximate surface area is 177 Å². The molecule has 2 aromatic rings. The van der Waals surface area contributed by atoms with Gasteiger partial charge in [0.2, 0.25) is 0 Å². The number of nitro groups is 1. The fourth-order valence-corrected chi connectivity index (χ4v) is 5.04.